The van der Waals surface area contributed by atoms with E-state index in [0.717, 1.165) is 28.3 Å². The molecule has 0 saturated heterocycles. The first-order chi connectivity index (χ1) is 9.30. The van der Waals surface area contributed by atoms with Crippen LogP contribution in [0.25, 0.3) is 16.9 Å². The topological polar surface area (TPSA) is 65.4 Å². The number of benzene rings is 1. The van der Waals surface area contributed by atoms with Crippen LogP contribution in [0.2, 0.25) is 0 Å². The zero-order valence-corrected chi connectivity index (χ0v) is 10.6. The minimum atomic E-state index is 0.430. The molecule has 1 aromatic carbocycles. The van der Waals surface area contributed by atoms with E-state index in [-0.39, 0.29) is 0 Å². The summed E-state index contributed by atoms with van der Waals surface area (Å²) in [4.78, 5) is 8.85. The van der Waals surface area contributed by atoms with Gasteiger partial charge in [-0.3, -0.25) is 4.40 Å². The van der Waals surface area contributed by atoms with Crippen LogP contribution < -0.4 is 10.5 Å². The second-order valence-corrected chi connectivity index (χ2v) is 4.20. The Morgan fingerprint density at radius 1 is 1.26 bits per heavy atom. The van der Waals surface area contributed by atoms with Gasteiger partial charge in [-0.15, -0.1) is 0 Å². The maximum Gasteiger partial charge on any atom is 0.140 e. The standard InChI is InChI=1S/C14H14N4O/c1-19-12-4-2-10(3-5-12)13-6-14-17-11(7-15)8-18(14)9-16-13/h2-6,8-9H,7,15H2,1H3. The van der Waals surface area contributed by atoms with Crippen LogP contribution in [0.4, 0.5) is 0 Å². The van der Waals surface area contributed by atoms with Crippen molar-refractivity contribution in [2.24, 2.45) is 5.73 Å². The van der Waals surface area contributed by atoms with Gasteiger partial charge in [0.15, 0.2) is 0 Å². The molecular formula is C14H14N4O. The van der Waals surface area contributed by atoms with Crippen LogP contribution in [0.1, 0.15) is 5.69 Å². The van der Waals surface area contributed by atoms with Gasteiger partial charge in [-0.25, -0.2) is 9.97 Å². The molecule has 2 heterocycles. The van der Waals surface area contributed by atoms with E-state index in [9.17, 15) is 0 Å². The molecule has 0 bridgehead atoms. The Morgan fingerprint density at radius 2 is 2.05 bits per heavy atom. The Hall–Kier alpha value is -2.40. The first-order valence-corrected chi connectivity index (χ1v) is 5.98. The van der Waals surface area contributed by atoms with Crippen LogP contribution in [0, 0.1) is 0 Å². The minimum Gasteiger partial charge on any atom is -0.497 e. The summed E-state index contributed by atoms with van der Waals surface area (Å²) in [6, 6.07) is 9.73. The number of imidazole rings is 1. The summed E-state index contributed by atoms with van der Waals surface area (Å²) < 4.78 is 7.01. The molecule has 96 valence electrons. The lowest BCUT2D eigenvalue weighted by molar-refractivity contribution is 0.415. The van der Waals surface area contributed by atoms with Crippen molar-refractivity contribution in [2.45, 2.75) is 6.54 Å². The van der Waals surface area contributed by atoms with Crippen molar-refractivity contribution in [3.63, 3.8) is 0 Å². The number of methoxy groups -OCH3 is 1. The van der Waals surface area contributed by atoms with Crippen molar-refractivity contribution in [2.75, 3.05) is 7.11 Å². The first-order valence-electron chi connectivity index (χ1n) is 5.98. The van der Waals surface area contributed by atoms with E-state index in [2.05, 4.69) is 9.97 Å². The molecule has 0 aliphatic carbocycles. The van der Waals surface area contributed by atoms with Gasteiger partial charge < -0.3 is 10.5 Å². The number of nitrogens with zero attached hydrogens (tertiary/aromatic N) is 3. The average molecular weight is 254 g/mol. The van der Waals surface area contributed by atoms with Gasteiger partial charge in [-0.2, -0.15) is 0 Å². The molecule has 0 spiro atoms. The van der Waals surface area contributed by atoms with Crippen molar-refractivity contribution in [3.8, 4) is 17.0 Å². The molecule has 2 aromatic heterocycles. The summed E-state index contributed by atoms with van der Waals surface area (Å²) in [6.45, 7) is 0.430. The van der Waals surface area contributed by atoms with Crippen LogP contribution in [-0.4, -0.2) is 21.5 Å². The average Bonchev–Trinajstić information content (AvgIpc) is 2.89. The maximum absolute atomic E-state index is 5.58. The maximum atomic E-state index is 5.58. The zero-order valence-electron chi connectivity index (χ0n) is 10.6. The van der Waals surface area contributed by atoms with Crippen LogP contribution in [-0.2, 0) is 6.54 Å². The van der Waals surface area contributed by atoms with Gasteiger partial charge in [0.05, 0.1) is 18.5 Å². The quantitative estimate of drug-likeness (QED) is 0.774. The van der Waals surface area contributed by atoms with Crippen LogP contribution in [0.15, 0.2) is 42.9 Å². The Balaban J connectivity index is 2.03. The highest BCUT2D eigenvalue weighted by Gasteiger charge is 2.04. The molecule has 0 saturated carbocycles. The molecule has 0 aliphatic rings. The van der Waals surface area contributed by atoms with Crippen molar-refractivity contribution >= 4 is 5.65 Å². The monoisotopic (exact) mass is 254 g/mol. The summed E-state index contributed by atoms with van der Waals surface area (Å²) in [7, 11) is 1.65. The lowest BCUT2D eigenvalue weighted by Gasteiger charge is -2.03. The Labute approximate surface area is 110 Å². The van der Waals surface area contributed by atoms with Gasteiger partial charge in [-0.1, -0.05) is 0 Å². The summed E-state index contributed by atoms with van der Waals surface area (Å²) >= 11 is 0. The van der Waals surface area contributed by atoms with E-state index in [0.29, 0.717) is 6.54 Å². The lowest BCUT2D eigenvalue weighted by atomic mass is 10.1. The highest BCUT2D eigenvalue weighted by molar-refractivity contribution is 5.64. The fourth-order valence-electron chi connectivity index (χ4n) is 1.96. The predicted molar refractivity (Wildman–Crippen MR) is 72.9 cm³/mol. The van der Waals surface area contributed by atoms with Crippen LogP contribution in [0.5, 0.6) is 5.75 Å². The first kappa shape index (κ1) is 11.7. The van der Waals surface area contributed by atoms with E-state index in [1.807, 2.05) is 40.9 Å². The molecule has 0 unspecified atom stereocenters. The van der Waals surface area contributed by atoms with E-state index in [1.165, 1.54) is 0 Å². The van der Waals surface area contributed by atoms with Crippen molar-refractivity contribution in [3.05, 3.63) is 48.5 Å². The third-order valence-electron chi connectivity index (χ3n) is 2.99. The Kier molecular flexibility index (Phi) is 2.89. The molecule has 0 amide bonds. The second-order valence-electron chi connectivity index (χ2n) is 4.20. The van der Waals surface area contributed by atoms with Gasteiger partial charge >= 0.3 is 0 Å². The molecule has 19 heavy (non-hydrogen) atoms. The van der Waals surface area contributed by atoms with Crippen molar-refractivity contribution < 1.29 is 4.74 Å². The highest BCUT2D eigenvalue weighted by Crippen LogP contribution is 2.21. The number of nitrogens with two attached hydrogens (primary N) is 1. The van der Waals surface area contributed by atoms with Crippen molar-refractivity contribution in [1.29, 1.82) is 0 Å². The van der Waals surface area contributed by atoms with E-state index in [4.69, 9.17) is 10.5 Å². The fraction of sp³-hybridized carbons (Fsp3) is 0.143. The largest absolute Gasteiger partial charge is 0.497 e. The van der Waals surface area contributed by atoms with Crippen LogP contribution >= 0.6 is 0 Å². The summed E-state index contributed by atoms with van der Waals surface area (Å²) in [6.07, 6.45) is 3.64. The van der Waals surface area contributed by atoms with E-state index < -0.39 is 0 Å². The van der Waals surface area contributed by atoms with Gasteiger partial charge in [-0.05, 0) is 24.3 Å². The molecule has 3 aromatic rings. The molecule has 3 rings (SSSR count). The normalized spacial score (nSPS) is 10.8. The summed E-state index contributed by atoms with van der Waals surface area (Å²) in [5, 5.41) is 0. The Bertz CT molecular complexity index is 703. The van der Waals surface area contributed by atoms with Gasteiger partial charge in [0.1, 0.15) is 17.7 Å². The molecular weight excluding hydrogens is 240 g/mol. The fourth-order valence-corrected chi connectivity index (χ4v) is 1.96. The molecule has 5 nitrogen and oxygen atoms in total. The number of ether oxygens (including phenoxy) is 1. The number of hydrogen-bond acceptors (Lipinski definition) is 4. The van der Waals surface area contributed by atoms with E-state index >= 15 is 0 Å². The molecule has 5 heteroatoms. The number of hydrogen-bond donors (Lipinski definition) is 1. The van der Waals surface area contributed by atoms with Crippen molar-refractivity contribution in [1.82, 2.24) is 14.4 Å². The van der Waals surface area contributed by atoms with Crippen LogP contribution in [0.3, 0.4) is 0 Å². The predicted octanol–water partition coefficient (Wildman–Crippen LogP) is 1.86. The summed E-state index contributed by atoms with van der Waals surface area (Å²) in [5.74, 6) is 0.830. The van der Waals surface area contributed by atoms with Gasteiger partial charge in [0.2, 0.25) is 0 Å². The minimum absolute atomic E-state index is 0.430. The number of rotatable bonds is 3. The Morgan fingerprint density at radius 3 is 2.74 bits per heavy atom. The molecule has 0 aliphatic heterocycles. The molecule has 0 atom stereocenters. The molecule has 2 N–H and O–H groups in total. The van der Waals surface area contributed by atoms with Gasteiger partial charge in [0.25, 0.3) is 0 Å². The second kappa shape index (κ2) is 4.70. The highest BCUT2D eigenvalue weighted by atomic mass is 16.5. The number of aromatic nitrogens is 3. The third-order valence-corrected chi connectivity index (χ3v) is 2.99. The lowest BCUT2D eigenvalue weighted by Crippen LogP contribution is -1.95. The smallest absolute Gasteiger partial charge is 0.140 e. The van der Waals surface area contributed by atoms with E-state index in [1.54, 1.807) is 13.4 Å². The molecule has 0 radical (unpaired) electrons. The number of fused-ring (bicyclic) bond motifs is 1. The SMILES string of the molecule is COc1ccc(-c2cc3nc(CN)cn3cn2)cc1. The van der Waals surface area contributed by atoms with Gasteiger partial charge in [0, 0.05) is 24.4 Å². The summed E-state index contributed by atoms with van der Waals surface area (Å²) in [5.41, 5.74) is 9.20. The zero-order chi connectivity index (χ0) is 13.2. The molecule has 0 fully saturated rings. The third kappa shape index (κ3) is 2.15.